The summed E-state index contributed by atoms with van der Waals surface area (Å²) in [4.78, 5) is 12.2. The second-order valence-electron chi connectivity index (χ2n) is 5.52. The van der Waals surface area contributed by atoms with Crippen molar-refractivity contribution in [2.75, 3.05) is 16.8 Å². The SMILES string of the molecule is CCn1c(SCC(=O)Nc2cccc(Cl)c2)nnc1-c1cccc(N)c1. The highest BCUT2D eigenvalue weighted by Gasteiger charge is 2.15. The summed E-state index contributed by atoms with van der Waals surface area (Å²) < 4.78 is 1.96. The number of hydrogen-bond acceptors (Lipinski definition) is 5. The van der Waals surface area contributed by atoms with E-state index in [-0.39, 0.29) is 11.7 Å². The molecule has 0 bridgehead atoms. The zero-order valence-electron chi connectivity index (χ0n) is 14.1. The molecule has 0 aliphatic rings. The lowest BCUT2D eigenvalue weighted by Gasteiger charge is -2.08. The van der Waals surface area contributed by atoms with Gasteiger partial charge in [0, 0.05) is 28.5 Å². The molecule has 3 rings (SSSR count). The molecule has 0 aliphatic heterocycles. The first kappa shape index (κ1) is 18.3. The Labute approximate surface area is 160 Å². The van der Waals surface area contributed by atoms with Crippen LogP contribution in [-0.4, -0.2) is 26.4 Å². The van der Waals surface area contributed by atoms with Crippen molar-refractivity contribution in [2.24, 2.45) is 0 Å². The second-order valence-corrected chi connectivity index (χ2v) is 6.90. The smallest absolute Gasteiger partial charge is 0.234 e. The molecular weight excluding hydrogens is 370 g/mol. The Bertz CT molecular complexity index is 927. The summed E-state index contributed by atoms with van der Waals surface area (Å²) in [6.07, 6.45) is 0. The maximum absolute atomic E-state index is 12.2. The fraction of sp³-hybridized carbons (Fsp3) is 0.167. The standard InChI is InChI=1S/C18H18ClN5OS/c1-2-24-17(12-5-3-7-14(20)9-12)22-23-18(24)26-11-16(25)21-15-8-4-6-13(19)10-15/h3-10H,2,11,20H2,1H3,(H,21,25). The zero-order chi connectivity index (χ0) is 18.5. The van der Waals surface area contributed by atoms with Gasteiger partial charge in [0.05, 0.1) is 5.75 Å². The highest BCUT2D eigenvalue weighted by Crippen LogP contribution is 2.25. The number of hydrogen-bond donors (Lipinski definition) is 2. The van der Waals surface area contributed by atoms with Crippen LogP contribution in [0.3, 0.4) is 0 Å². The predicted octanol–water partition coefficient (Wildman–Crippen LogP) is 3.93. The molecule has 0 radical (unpaired) electrons. The number of nitrogens with two attached hydrogens (primary N) is 1. The lowest BCUT2D eigenvalue weighted by atomic mass is 10.2. The van der Waals surface area contributed by atoms with Gasteiger partial charge in [0.25, 0.3) is 0 Å². The Morgan fingerprint density at radius 1 is 1.23 bits per heavy atom. The van der Waals surface area contributed by atoms with Gasteiger partial charge in [0.15, 0.2) is 11.0 Å². The summed E-state index contributed by atoms with van der Waals surface area (Å²) >= 11 is 7.26. The normalized spacial score (nSPS) is 10.7. The molecule has 8 heteroatoms. The lowest BCUT2D eigenvalue weighted by molar-refractivity contribution is -0.113. The molecule has 0 fully saturated rings. The van der Waals surface area contributed by atoms with Crippen LogP contribution in [0.4, 0.5) is 11.4 Å². The van der Waals surface area contributed by atoms with Crippen LogP contribution in [-0.2, 0) is 11.3 Å². The molecule has 0 spiro atoms. The molecule has 0 saturated heterocycles. The molecule has 0 unspecified atom stereocenters. The highest BCUT2D eigenvalue weighted by molar-refractivity contribution is 7.99. The van der Waals surface area contributed by atoms with Crippen molar-refractivity contribution in [3.63, 3.8) is 0 Å². The lowest BCUT2D eigenvalue weighted by Crippen LogP contribution is -2.14. The van der Waals surface area contributed by atoms with E-state index in [4.69, 9.17) is 17.3 Å². The molecule has 0 atom stereocenters. The molecule has 1 aromatic heterocycles. The van der Waals surface area contributed by atoms with Gasteiger partial charge in [-0.15, -0.1) is 10.2 Å². The van der Waals surface area contributed by atoms with Crippen molar-refractivity contribution in [3.05, 3.63) is 53.6 Å². The summed E-state index contributed by atoms with van der Waals surface area (Å²) in [7, 11) is 0. The Balaban J connectivity index is 1.69. The second kappa shape index (κ2) is 8.25. The van der Waals surface area contributed by atoms with E-state index < -0.39 is 0 Å². The maximum Gasteiger partial charge on any atom is 0.234 e. The number of thioether (sulfide) groups is 1. The van der Waals surface area contributed by atoms with Gasteiger partial charge in [-0.25, -0.2) is 0 Å². The van der Waals surface area contributed by atoms with Gasteiger partial charge in [-0.05, 0) is 37.3 Å². The van der Waals surface area contributed by atoms with Crippen molar-refractivity contribution in [2.45, 2.75) is 18.6 Å². The van der Waals surface area contributed by atoms with Crippen LogP contribution in [0.1, 0.15) is 6.92 Å². The molecule has 3 aromatic rings. The minimum Gasteiger partial charge on any atom is -0.399 e. The number of anilines is 2. The minimum atomic E-state index is -0.131. The summed E-state index contributed by atoms with van der Waals surface area (Å²) in [5.41, 5.74) is 8.09. The van der Waals surface area contributed by atoms with Gasteiger partial charge in [-0.2, -0.15) is 0 Å². The third-order valence-corrected chi connectivity index (χ3v) is 4.82. The van der Waals surface area contributed by atoms with E-state index in [0.717, 1.165) is 11.4 Å². The van der Waals surface area contributed by atoms with Crippen molar-refractivity contribution >= 4 is 40.6 Å². The van der Waals surface area contributed by atoms with Gasteiger partial charge in [0.1, 0.15) is 0 Å². The zero-order valence-corrected chi connectivity index (χ0v) is 15.7. The van der Waals surface area contributed by atoms with Gasteiger partial charge in [-0.1, -0.05) is 41.6 Å². The van der Waals surface area contributed by atoms with Crippen LogP contribution in [0, 0.1) is 0 Å². The topological polar surface area (TPSA) is 85.8 Å². The van der Waals surface area contributed by atoms with E-state index in [0.29, 0.717) is 28.1 Å². The highest BCUT2D eigenvalue weighted by atomic mass is 35.5. The first-order valence-electron chi connectivity index (χ1n) is 8.04. The van der Waals surface area contributed by atoms with E-state index in [1.165, 1.54) is 11.8 Å². The largest absolute Gasteiger partial charge is 0.399 e. The van der Waals surface area contributed by atoms with Crippen molar-refractivity contribution < 1.29 is 4.79 Å². The fourth-order valence-corrected chi connectivity index (χ4v) is 3.46. The average Bonchev–Trinajstić information content (AvgIpc) is 3.03. The molecule has 1 amide bonds. The van der Waals surface area contributed by atoms with Gasteiger partial charge < -0.3 is 15.6 Å². The Morgan fingerprint density at radius 2 is 2.04 bits per heavy atom. The van der Waals surface area contributed by atoms with Crippen LogP contribution in [0.25, 0.3) is 11.4 Å². The van der Waals surface area contributed by atoms with Crippen molar-refractivity contribution in [1.29, 1.82) is 0 Å². The molecule has 134 valence electrons. The summed E-state index contributed by atoms with van der Waals surface area (Å²) in [5.74, 6) is 0.827. The number of nitrogen functional groups attached to an aromatic ring is 1. The van der Waals surface area contributed by atoms with Crippen molar-refractivity contribution in [1.82, 2.24) is 14.8 Å². The van der Waals surface area contributed by atoms with Crippen LogP contribution in [0.2, 0.25) is 5.02 Å². The molecule has 6 nitrogen and oxygen atoms in total. The van der Waals surface area contributed by atoms with Gasteiger partial charge in [0.2, 0.25) is 5.91 Å². The molecule has 3 N–H and O–H groups in total. The number of halogens is 1. The number of rotatable bonds is 6. The van der Waals surface area contributed by atoms with E-state index in [1.54, 1.807) is 24.3 Å². The number of nitrogens with zero attached hydrogens (tertiary/aromatic N) is 3. The molecule has 0 aliphatic carbocycles. The summed E-state index contributed by atoms with van der Waals surface area (Å²) in [6, 6.07) is 14.5. The van der Waals surface area contributed by atoms with E-state index in [2.05, 4.69) is 15.5 Å². The number of carbonyl (C=O) groups excluding carboxylic acids is 1. The molecular formula is C18H18ClN5OS. The Kier molecular flexibility index (Phi) is 5.80. The summed E-state index contributed by atoms with van der Waals surface area (Å²) in [5, 5.41) is 12.6. The minimum absolute atomic E-state index is 0.131. The van der Waals surface area contributed by atoms with E-state index in [1.807, 2.05) is 35.8 Å². The van der Waals surface area contributed by atoms with Crippen LogP contribution in [0.15, 0.2) is 53.7 Å². The summed E-state index contributed by atoms with van der Waals surface area (Å²) in [6.45, 7) is 2.70. The third-order valence-electron chi connectivity index (χ3n) is 3.62. The molecule has 2 aromatic carbocycles. The van der Waals surface area contributed by atoms with Gasteiger partial charge in [-0.3, -0.25) is 4.79 Å². The van der Waals surface area contributed by atoms with Crippen LogP contribution in [0.5, 0.6) is 0 Å². The predicted molar refractivity (Wildman–Crippen MR) is 106 cm³/mol. The number of nitrogens with one attached hydrogen (secondary N) is 1. The number of carbonyl (C=O) groups is 1. The van der Waals surface area contributed by atoms with Gasteiger partial charge >= 0.3 is 0 Å². The maximum atomic E-state index is 12.2. The average molecular weight is 388 g/mol. The Morgan fingerprint density at radius 3 is 2.77 bits per heavy atom. The number of amides is 1. The Hall–Kier alpha value is -2.51. The third kappa shape index (κ3) is 4.36. The molecule has 26 heavy (non-hydrogen) atoms. The first-order valence-corrected chi connectivity index (χ1v) is 9.40. The van der Waals surface area contributed by atoms with E-state index >= 15 is 0 Å². The fourth-order valence-electron chi connectivity index (χ4n) is 2.47. The van der Waals surface area contributed by atoms with Crippen molar-refractivity contribution in [3.8, 4) is 11.4 Å². The first-order chi connectivity index (χ1) is 12.6. The van der Waals surface area contributed by atoms with Crippen LogP contribution >= 0.6 is 23.4 Å². The van der Waals surface area contributed by atoms with Crippen LogP contribution < -0.4 is 11.1 Å². The monoisotopic (exact) mass is 387 g/mol. The number of benzene rings is 2. The number of aromatic nitrogens is 3. The quantitative estimate of drug-likeness (QED) is 0.494. The van der Waals surface area contributed by atoms with E-state index in [9.17, 15) is 4.79 Å². The molecule has 0 saturated carbocycles. The molecule has 1 heterocycles.